The first-order chi connectivity index (χ1) is 6.56. The molecule has 0 amide bonds. The average Bonchev–Trinajstić information content (AvgIpc) is 2.01. The maximum absolute atomic E-state index is 10.6. The number of carboxylic acid groups (broad SMARTS) is 1. The van der Waals surface area contributed by atoms with Crippen molar-refractivity contribution in [2.75, 3.05) is 19.6 Å². The summed E-state index contributed by atoms with van der Waals surface area (Å²) in [7, 11) is 0. The Kier molecular flexibility index (Phi) is 3.89. The molecule has 1 aliphatic rings. The van der Waals surface area contributed by atoms with Gasteiger partial charge in [0.15, 0.2) is 0 Å². The molecule has 1 fully saturated rings. The Balaban J connectivity index is 2.48. The second-order valence-corrected chi connectivity index (χ2v) is 4.31. The van der Waals surface area contributed by atoms with Gasteiger partial charge in [0.1, 0.15) is 0 Å². The van der Waals surface area contributed by atoms with Gasteiger partial charge in [-0.2, -0.15) is 0 Å². The maximum atomic E-state index is 10.6. The zero-order chi connectivity index (χ0) is 10.6. The third kappa shape index (κ3) is 3.27. The number of piperidine rings is 1. The van der Waals surface area contributed by atoms with Crippen molar-refractivity contribution in [2.45, 2.75) is 38.1 Å². The van der Waals surface area contributed by atoms with Crippen molar-refractivity contribution in [3.8, 4) is 0 Å². The van der Waals surface area contributed by atoms with Gasteiger partial charge in [-0.25, -0.2) is 0 Å². The summed E-state index contributed by atoms with van der Waals surface area (Å²) in [6.07, 6.45) is 3.04. The largest absolute Gasteiger partial charge is 0.481 e. The summed E-state index contributed by atoms with van der Waals surface area (Å²) in [6, 6.07) is 0. The second kappa shape index (κ2) is 4.75. The number of rotatable bonds is 4. The highest BCUT2D eigenvalue weighted by Crippen LogP contribution is 2.22. The van der Waals surface area contributed by atoms with E-state index in [2.05, 4.69) is 11.8 Å². The maximum Gasteiger partial charge on any atom is 0.305 e. The van der Waals surface area contributed by atoms with Crippen LogP contribution in [-0.4, -0.2) is 41.1 Å². The molecule has 0 bridgehead atoms. The van der Waals surface area contributed by atoms with Gasteiger partial charge in [0, 0.05) is 12.1 Å². The van der Waals surface area contributed by atoms with Crippen LogP contribution in [0.2, 0.25) is 0 Å². The van der Waals surface area contributed by atoms with Gasteiger partial charge >= 0.3 is 5.97 Å². The van der Waals surface area contributed by atoms with E-state index < -0.39 is 11.5 Å². The van der Waals surface area contributed by atoms with Crippen molar-refractivity contribution in [2.24, 2.45) is 5.73 Å². The SMILES string of the molecule is CCCN1CCCC(N)(CC(=O)O)C1. The first-order valence-corrected chi connectivity index (χ1v) is 5.29. The number of nitrogens with zero attached hydrogens (tertiary/aromatic N) is 1. The number of hydrogen-bond donors (Lipinski definition) is 2. The minimum absolute atomic E-state index is 0.0905. The van der Waals surface area contributed by atoms with Gasteiger partial charge in [0.2, 0.25) is 0 Å². The van der Waals surface area contributed by atoms with Crippen LogP contribution >= 0.6 is 0 Å². The van der Waals surface area contributed by atoms with E-state index in [1.165, 1.54) is 0 Å². The molecule has 0 aromatic carbocycles. The molecule has 1 unspecified atom stereocenters. The lowest BCUT2D eigenvalue weighted by Crippen LogP contribution is -2.55. The van der Waals surface area contributed by atoms with Crippen molar-refractivity contribution in [1.82, 2.24) is 4.90 Å². The lowest BCUT2D eigenvalue weighted by atomic mass is 9.87. The van der Waals surface area contributed by atoms with Crippen LogP contribution in [0.15, 0.2) is 0 Å². The molecule has 4 heteroatoms. The van der Waals surface area contributed by atoms with Crippen molar-refractivity contribution in [3.63, 3.8) is 0 Å². The molecule has 0 spiro atoms. The molecule has 1 atom stereocenters. The quantitative estimate of drug-likeness (QED) is 0.699. The van der Waals surface area contributed by atoms with Gasteiger partial charge in [-0.15, -0.1) is 0 Å². The molecule has 1 rings (SSSR count). The van der Waals surface area contributed by atoms with Crippen LogP contribution in [0.3, 0.4) is 0 Å². The summed E-state index contributed by atoms with van der Waals surface area (Å²) in [5.41, 5.74) is 5.56. The molecule has 3 N–H and O–H groups in total. The van der Waals surface area contributed by atoms with Crippen LogP contribution in [0.4, 0.5) is 0 Å². The molecule has 1 heterocycles. The highest BCUT2D eigenvalue weighted by atomic mass is 16.4. The molecule has 0 aromatic heterocycles. The van der Waals surface area contributed by atoms with Crippen LogP contribution in [-0.2, 0) is 4.79 Å². The Hall–Kier alpha value is -0.610. The Morgan fingerprint density at radius 2 is 2.36 bits per heavy atom. The number of likely N-dealkylation sites (tertiary alicyclic amines) is 1. The van der Waals surface area contributed by atoms with Crippen molar-refractivity contribution in [3.05, 3.63) is 0 Å². The fourth-order valence-corrected chi connectivity index (χ4v) is 2.21. The van der Waals surface area contributed by atoms with Crippen LogP contribution < -0.4 is 5.73 Å². The Morgan fingerprint density at radius 3 is 2.93 bits per heavy atom. The van der Waals surface area contributed by atoms with Gasteiger partial charge < -0.3 is 15.7 Å². The van der Waals surface area contributed by atoms with E-state index in [0.29, 0.717) is 0 Å². The number of carbonyl (C=O) groups is 1. The third-order valence-electron chi connectivity index (χ3n) is 2.73. The minimum atomic E-state index is -0.786. The van der Waals surface area contributed by atoms with E-state index in [-0.39, 0.29) is 6.42 Å². The van der Waals surface area contributed by atoms with E-state index in [0.717, 1.165) is 38.9 Å². The molecule has 0 aliphatic carbocycles. The van der Waals surface area contributed by atoms with Crippen LogP contribution in [0.1, 0.15) is 32.6 Å². The number of carboxylic acids is 1. The Morgan fingerprint density at radius 1 is 1.64 bits per heavy atom. The van der Waals surface area contributed by atoms with Gasteiger partial charge in [0.25, 0.3) is 0 Å². The van der Waals surface area contributed by atoms with Gasteiger partial charge in [-0.1, -0.05) is 6.92 Å². The van der Waals surface area contributed by atoms with E-state index in [1.807, 2.05) is 0 Å². The van der Waals surface area contributed by atoms with E-state index in [4.69, 9.17) is 10.8 Å². The third-order valence-corrected chi connectivity index (χ3v) is 2.73. The zero-order valence-corrected chi connectivity index (χ0v) is 8.83. The summed E-state index contributed by atoms with van der Waals surface area (Å²) < 4.78 is 0. The van der Waals surface area contributed by atoms with Crippen molar-refractivity contribution >= 4 is 5.97 Å². The van der Waals surface area contributed by atoms with Gasteiger partial charge in [-0.05, 0) is 32.4 Å². The highest BCUT2D eigenvalue weighted by Gasteiger charge is 2.33. The van der Waals surface area contributed by atoms with Crippen LogP contribution in [0.5, 0.6) is 0 Å². The lowest BCUT2D eigenvalue weighted by Gasteiger charge is -2.39. The zero-order valence-electron chi connectivity index (χ0n) is 8.83. The van der Waals surface area contributed by atoms with Crippen molar-refractivity contribution in [1.29, 1.82) is 0 Å². The predicted molar refractivity (Wildman–Crippen MR) is 55.1 cm³/mol. The van der Waals surface area contributed by atoms with E-state index in [1.54, 1.807) is 0 Å². The number of aliphatic carboxylic acids is 1. The van der Waals surface area contributed by atoms with E-state index >= 15 is 0 Å². The Bertz CT molecular complexity index is 206. The Labute approximate surface area is 85.1 Å². The number of hydrogen-bond acceptors (Lipinski definition) is 3. The highest BCUT2D eigenvalue weighted by molar-refractivity contribution is 5.68. The topological polar surface area (TPSA) is 66.6 Å². The molecular formula is C10H20N2O2. The molecule has 1 aliphatic heterocycles. The summed E-state index contributed by atoms with van der Waals surface area (Å²) in [5.74, 6) is -0.786. The normalized spacial score (nSPS) is 29.0. The molecule has 4 nitrogen and oxygen atoms in total. The summed E-state index contributed by atoms with van der Waals surface area (Å²) in [6.45, 7) is 4.95. The second-order valence-electron chi connectivity index (χ2n) is 4.31. The predicted octanol–water partition coefficient (Wildman–Crippen LogP) is 0.664. The first kappa shape index (κ1) is 11.5. The molecule has 0 aromatic rings. The molecule has 14 heavy (non-hydrogen) atoms. The molecule has 0 radical (unpaired) electrons. The molecule has 82 valence electrons. The standard InChI is InChI=1S/C10H20N2O2/c1-2-5-12-6-3-4-10(11,8-12)7-9(13)14/h2-8,11H2,1H3,(H,13,14). The fraction of sp³-hybridized carbons (Fsp3) is 0.900. The lowest BCUT2D eigenvalue weighted by molar-refractivity contribution is -0.138. The van der Waals surface area contributed by atoms with Crippen LogP contribution in [0.25, 0.3) is 0 Å². The summed E-state index contributed by atoms with van der Waals surface area (Å²) in [5, 5.41) is 8.75. The molecular weight excluding hydrogens is 180 g/mol. The molecule has 0 saturated carbocycles. The summed E-state index contributed by atoms with van der Waals surface area (Å²) >= 11 is 0. The monoisotopic (exact) mass is 200 g/mol. The summed E-state index contributed by atoms with van der Waals surface area (Å²) in [4.78, 5) is 12.9. The number of nitrogens with two attached hydrogens (primary N) is 1. The fourth-order valence-electron chi connectivity index (χ4n) is 2.21. The van der Waals surface area contributed by atoms with Gasteiger partial charge in [-0.3, -0.25) is 4.79 Å². The average molecular weight is 200 g/mol. The van der Waals surface area contributed by atoms with Crippen molar-refractivity contribution < 1.29 is 9.90 Å². The molecule has 1 saturated heterocycles. The smallest absolute Gasteiger partial charge is 0.305 e. The van der Waals surface area contributed by atoms with E-state index in [9.17, 15) is 4.79 Å². The minimum Gasteiger partial charge on any atom is -0.481 e. The van der Waals surface area contributed by atoms with Crippen LogP contribution in [0, 0.1) is 0 Å². The van der Waals surface area contributed by atoms with Gasteiger partial charge in [0.05, 0.1) is 6.42 Å². The first-order valence-electron chi connectivity index (χ1n) is 5.29.